The van der Waals surface area contributed by atoms with Crippen molar-refractivity contribution in [1.82, 2.24) is 0 Å². The van der Waals surface area contributed by atoms with Gasteiger partial charge in [0.1, 0.15) is 0 Å². The number of halogens is 1. The molecule has 1 atom stereocenters. The molecular weight excluding hydrogens is 318 g/mol. The van der Waals surface area contributed by atoms with Gasteiger partial charge in [-0.15, -0.1) is 0 Å². The number of hydrogen-bond donors (Lipinski definition) is 2. The van der Waals surface area contributed by atoms with Crippen LogP contribution < -0.4 is 5.73 Å². The van der Waals surface area contributed by atoms with Gasteiger partial charge in [-0.3, -0.25) is 4.79 Å². The fourth-order valence-electron chi connectivity index (χ4n) is 2.96. The molecule has 4 heteroatoms. The lowest BCUT2D eigenvalue weighted by Crippen LogP contribution is -2.13. The van der Waals surface area contributed by atoms with E-state index in [9.17, 15) is 4.79 Å². The molecule has 0 spiro atoms. The van der Waals surface area contributed by atoms with Crippen LogP contribution in [0.2, 0.25) is 0 Å². The number of benzene rings is 1. The Morgan fingerprint density at radius 3 is 2.65 bits per heavy atom. The van der Waals surface area contributed by atoms with Gasteiger partial charge in [-0.2, -0.15) is 0 Å². The lowest BCUT2D eigenvalue weighted by Gasteiger charge is -2.24. The molecular formula is C16H22BrNO2. The van der Waals surface area contributed by atoms with E-state index in [0.717, 1.165) is 10.0 Å². The second kappa shape index (κ2) is 7.23. The van der Waals surface area contributed by atoms with Crippen molar-refractivity contribution in [3.05, 3.63) is 33.8 Å². The predicted molar refractivity (Wildman–Crippen MR) is 83.8 cm³/mol. The van der Waals surface area contributed by atoms with Crippen LogP contribution in [0.3, 0.4) is 0 Å². The van der Waals surface area contributed by atoms with Crippen LogP contribution >= 0.6 is 15.9 Å². The summed E-state index contributed by atoms with van der Waals surface area (Å²) in [5.41, 5.74) is 8.44. The van der Waals surface area contributed by atoms with E-state index >= 15 is 0 Å². The molecule has 1 aliphatic rings. The number of rotatable bonds is 5. The summed E-state index contributed by atoms with van der Waals surface area (Å²) < 4.78 is 1.12. The fraction of sp³-hybridized carbons (Fsp3) is 0.562. The van der Waals surface area contributed by atoms with E-state index in [1.54, 1.807) is 0 Å². The van der Waals surface area contributed by atoms with Crippen molar-refractivity contribution < 1.29 is 9.90 Å². The third kappa shape index (κ3) is 4.06. The summed E-state index contributed by atoms with van der Waals surface area (Å²) in [6.07, 6.45) is 7.11. The molecule has 20 heavy (non-hydrogen) atoms. The Morgan fingerprint density at radius 1 is 1.35 bits per heavy atom. The monoisotopic (exact) mass is 339 g/mol. The van der Waals surface area contributed by atoms with Crippen LogP contribution in [0.25, 0.3) is 0 Å². The summed E-state index contributed by atoms with van der Waals surface area (Å²) in [4.78, 5) is 10.6. The molecule has 0 aromatic heterocycles. The second-order valence-corrected chi connectivity index (χ2v) is 6.51. The van der Waals surface area contributed by atoms with E-state index < -0.39 is 5.97 Å². The number of hydrogen-bond acceptors (Lipinski definition) is 2. The molecule has 3 N–H and O–H groups in total. The standard InChI is InChI=1S/C16H22BrNO2/c17-14-10-12(15(18)8-9-16(19)20)6-7-13(14)11-4-2-1-3-5-11/h6-7,10-11,15H,1-5,8-9,18H2,(H,19,20). The molecule has 2 rings (SSSR count). The molecule has 1 saturated carbocycles. The zero-order chi connectivity index (χ0) is 14.5. The predicted octanol–water partition coefficient (Wildman–Crippen LogP) is 4.36. The van der Waals surface area contributed by atoms with Crippen LogP contribution in [0.15, 0.2) is 22.7 Å². The first-order chi connectivity index (χ1) is 9.58. The maximum absolute atomic E-state index is 10.6. The van der Waals surface area contributed by atoms with Gasteiger partial charge in [-0.25, -0.2) is 0 Å². The molecule has 0 bridgehead atoms. The number of aliphatic carboxylic acids is 1. The maximum Gasteiger partial charge on any atom is 0.303 e. The lowest BCUT2D eigenvalue weighted by atomic mass is 9.83. The van der Waals surface area contributed by atoms with Crippen LogP contribution in [0.1, 0.15) is 68.0 Å². The van der Waals surface area contributed by atoms with Crippen LogP contribution in [0.5, 0.6) is 0 Å². The normalized spacial score (nSPS) is 17.9. The molecule has 1 unspecified atom stereocenters. The van der Waals surface area contributed by atoms with Crippen LogP contribution in [0.4, 0.5) is 0 Å². The van der Waals surface area contributed by atoms with Crippen molar-refractivity contribution >= 4 is 21.9 Å². The largest absolute Gasteiger partial charge is 0.481 e. The van der Waals surface area contributed by atoms with Crippen molar-refractivity contribution in [3.63, 3.8) is 0 Å². The number of carboxylic acids is 1. The summed E-state index contributed by atoms with van der Waals surface area (Å²) in [6, 6.07) is 6.08. The van der Waals surface area contributed by atoms with E-state index in [2.05, 4.69) is 34.1 Å². The van der Waals surface area contributed by atoms with E-state index in [1.807, 2.05) is 0 Å². The zero-order valence-corrected chi connectivity index (χ0v) is 13.2. The minimum absolute atomic E-state index is 0.114. The highest BCUT2D eigenvalue weighted by molar-refractivity contribution is 9.10. The molecule has 0 amide bonds. The Balaban J connectivity index is 2.06. The number of nitrogens with two attached hydrogens (primary N) is 1. The third-order valence-corrected chi connectivity index (χ3v) is 4.85. The summed E-state index contributed by atoms with van der Waals surface area (Å²) in [6.45, 7) is 0. The maximum atomic E-state index is 10.6. The minimum atomic E-state index is -0.793. The Labute approximate surface area is 128 Å². The van der Waals surface area contributed by atoms with Crippen molar-refractivity contribution in [3.8, 4) is 0 Å². The first kappa shape index (κ1) is 15.5. The van der Waals surface area contributed by atoms with Gasteiger partial charge in [0, 0.05) is 16.9 Å². The first-order valence-corrected chi connectivity index (χ1v) is 8.14. The number of carbonyl (C=O) groups is 1. The summed E-state index contributed by atoms with van der Waals surface area (Å²) in [5.74, 6) is -0.138. The van der Waals surface area contributed by atoms with E-state index in [4.69, 9.17) is 10.8 Å². The Bertz CT molecular complexity index is 470. The molecule has 1 aromatic rings. The van der Waals surface area contributed by atoms with Gasteiger partial charge in [0.15, 0.2) is 0 Å². The second-order valence-electron chi connectivity index (χ2n) is 5.65. The average molecular weight is 340 g/mol. The molecule has 0 aliphatic heterocycles. The summed E-state index contributed by atoms with van der Waals surface area (Å²) >= 11 is 3.66. The van der Waals surface area contributed by atoms with E-state index in [0.29, 0.717) is 12.3 Å². The van der Waals surface area contributed by atoms with Gasteiger partial charge < -0.3 is 10.8 Å². The van der Waals surface area contributed by atoms with Crippen molar-refractivity contribution in [2.24, 2.45) is 5.73 Å². The van der Waals surface area contributed by atoms with Crippen molar-refractivity contribution in [2.75, 3.05) is 0 Å². The highest BCUT2D eigenvalue weighted by Crippen LogP contribution is 2.37. The molecule has 110 valence electrons. The fourth-order valence-corrected chi connectivity index (χ4v) is 3.68. The minimum Gasteiger partial charge on any atom is -0.481 e. The highest BCUT2D eigenvalue weighted by atomic mass is 79.9. The van der Waals surface area contributed by atoms with Crippen LogP contribution in [-0.4, -0.2) is 11.1 Å². The van der Waals surface area contributed by atoms with Gasteiger partial charge in [-0.1, -0.05) is 47.3 Å². The summed E-state index contributed by atoms with van der Waals surface area (Å²) in [7, 11) is 0. The Hall–Kier alpha value is -0.870. The molecule has 0 radical (unpaired) electrons. The number of carboxylic acid groups (broad SMARTS) is 1. The quantitative estimate of drug-likeness (QED) is 0.837. The molecule has 1 fully saturated rings. The van der Waals surface area contributed by atoms with Crippen molar-refractivity contribution in [1.29, 1.82) is 0 Å². The van der Waals surface area contributed by atoms with Gasteiger partial charge >= 0.3 is 5.97 Å². The highest BCUT2D eigenvalue weighted by Gasteiger charge is 2.18. The van der Waals surface area contributed by atoms with Gasteiger partial charge in [0.2, 0.25) is 0 Å². The molecule has 0 saturated heterocycles. The Kier molecular flexibility index (Phi) is 5.61. The van der Waals surface area contributed by atoms with Gasteiger partial charge in [0.05, 0.1) is 0 Å². The Morgan fingerprint density at radius 2 is 2.05 bits per heavy atom. The van der Waals surface area contributed by atoms with Crippen LogP contribution in [-0.2, 0) is 4.79 Å². The zero-order valence-electron chi connectivity index (χ0n) is 11.6. The molecule has 1 aromatic carbocycles. The first-order valence-electron chi connectivity index (χ1n) is 7.34. The van der Waals surface area contributed by atoms with Crippen molar-refractivity contribution in [2.45, 2.75) is 56.9 Å². The lowest BCUT2D eigenvalue weighted by molar-refractivity contribution is -0.137. The van der Waals surface area contributed by atoms with E-state index in [1.165, 1.54) is 37.7 Å². The molecule has 0 heterocycles. The SMILES string of the molecule is NC(CCC(=O)O)c1ccc(C2CCCCC2)c(Br)c1. The van der Waals surface area contributed by atoms with Gasteiger partial charge in [0.25, 0.3) is 0 Å². The topological polar surface area (TPSA) is 63.3 Å². The average Bonchev–Trinajstić information content (AvgIpc) is 2.45. The van der Waals surface area contributed by atoms with Gasteiger partial charge in [-0.05, 0) is 42.4 Å². The van der Waals surface area contributed by atoms with E-state index in [-0.39, 0.29) is 12.5 Å². The molecule has 3 nitrogen and oxygen atoms in total. The third-order valence-electron chi connectivity index (χ3n) is 4.17. The molecule has 1 aliphatic carbocycles. The summed E-state index contributed by atoms with van der Waals surface area (Å²) in [5, 5.41) is 8.71. The van der Waals surface area contributed by atoms with Crippen LogP contribution in [0, 0.1) is 0 Å². The smallest absolute Gasteiger partial charge is 0.303 e.